The van der Waals surface area contributed by atoms with Crippen molar-refractivity contribution in [3.8, 4) is 11.5 Å². The Kier molecular flexibility index (Phi) is 8.00. The van der Waals surface area contributed by atoms with Crippen molar-refractivity contribution in [1.82, 2.24) is 0 Å². The van der Waals surface area contributed by atoms with Gasteiger partial charge in [-0.3, -0.25) is 4.72 Å². The molecule has 2 aromatic carbocycles. The summed E-state index contributed by atoms with van der Waals surface area (Å²) in [5, 5.41) is 0.296. The summed E-state index contributed by atoms with van der Waals surface area (Å²) in [6, 6.07) is 5.04. The van der Waals surface area contributed by atoms with Crippen LogP contribution in [0.15, 0.2) is 35.2 Å². The van der Waals surface area contributed by atoms with Crippen molar-refractivity contribution in [3.05, 3.63) is 46.5 Å². The van der Waals surface area contributed by atoms with E-state index < -0.39 is 58.9 Å². The predicted octanol–water partition coefficient (Wildman–Crippen LogP) is 5.98. The lowest BCUT2D eigenvalue weighted by Gasteiger charge is -2.18. The molecule has 5 nitrogen and oxygen atoms in total. The van der Waals surface area contributed by atoms with Gasteiger partial charge in [-0.05, 0) is 37.1 Å². The lowest BCUT2D eigenvalue weighted by atomic mass is 10.2. The smallest absolute Gasteiger partial charge is 0.422 e. The van der Waals surface area contributed by atoms with E-state index in [4.69, 9.17) is 11.6 Å². The Balaban J connectivity index is 2.40. The molecular formula is C19H17ClF7NO4S. The second-order valence-electron chi connectivity index (χ2n) is 6.92. The summed E-state index contributed by atoms with van der Waals surface area (Å²) >= 11 is 5.95. The fourth-order valence-corrected chi connectivity index (χ4v) is 4.03. The topological polar surface area (TPSA) is 64.6 Å². The van der Waals surface area contributed by atoms with Crippen LogP contribution >= 0.6 is 11.6 Å². The van der Waals surface area contributed by atoms with Gasteiger partial charge in [-0.1, -0.05) is 11.6 Å². The largest absolute Gasteiger partial charge is 0.487 e. The zero-order valence-electron chi connectivity index (χ0n) is 16.9. The first kappa shape index (κ1) is 26.8. The summed E-state index contributed by atoms with van der Waals surface area (Å²) in [6.07, 6.45) is -8.83. The third-order valence-corrected chi connectivity index (χ3v) is 5.96. The highest BCUT2D eigenvalue weighted by molar-refractivity contribution is 7.92. The summed E-state index contributed by atoms with van der Waals surface area (Å²) in [5.41, 5.74) is 0.246. The molecule has 0 aliphatic carbocycles. The van der Waals surface area contributed by atoms with E-state index in [0.717, 1.165) is 18.2 Å². The number of halogens is 8. The van der Waals surface area contributed by atoms with Crippen LogP contribution in [0.25, 0.3) is 0 Å². The molecule has 0 saturated heterocycles. The second-order valence-corrected chi connectivity index (χ2v) is 8.98. The van der Waals surface area contributed by atoms with Crippen LogP contribution in [0.1, 0.15) is 11.1 Å². The molecule has 184 valence electrons. The van der Waals surface area contributed by atoms with Gasteiger partial charge >= 0.3 is 18.5 Å². The van der Waals surface area contributed by atoms with Gasteiger partial charge in [0.1, 0.15) is 11.5 Å². The van der Waals surface area contributed by atoms with Crippen molar-refractivity contribution < 1.29 is 48.6 Å². The van der Waals surface area contributed by atoms with Crippen LogP contribution in [-0.4, -0.2) is 40.2 Å². The number of hydrogen-bond acceptors (Lipinski definition) is 4. The molecule has 0 heterocycles. The minimum absolute atomic E-state index is 0.210. The first-order chi connectivity index (χ1) is 15.0. The van der Waals surface area contributed by atoms with E-state index in [2.05, 4.69) is 14.2 Å². The lowest BCUT2D eigenvalue weighted by Crippen LogP contribution is -2.33. The SMILES string of the molecule is Cc1cc(S(=O)(=O)Nc2cc(OCC(F)(F)F)cc(OCC(F)(F)C(F)F)c2)c(C)cc1Cl. The normalized spacial score (nSPS) is 12.7. The van der Waals surface area contributed by atoms with Crippen molar-refractivity contribution in [2.45, 2.75) is 37.3 Å². The van der Waals surface area contributed by atoms with Gasteiger partial charge in [0.05, 0.1) is 10.6 Å². The minimum Gasteiger partial charge on any atom is -0.487 e. The molecular weight excluding hydrogens is 507 g/mol. The Morgan fingerprint density at radius 1 is 0.909 bits per heavy atom. The van der Waals surface area contributed by atoms with E-state index in [9.17, 15) is 39.2 Å². The maximum Gasteiger partial charge on any atom is 0.422 e. The molecule has 0 radical (unpaired) electrons. The maximum atomic E-state index is 13.2. The molecule has 0 bridgehead atoms. The third-order valence-electron chi connectivity index (χ3n) is 4.03. The molecule has 0 unspecified atom stereocenters. The van der Waals surface area contributed by atoms with Gasteiger partial charge in [0.15, 0.2) is 13.2 Å². The summed E-state index contributed by atoms with van der Waals surface area (Å²) in [7, 11) is -4.33. The molecule has 0 saturated carbocycles. The van der Waals surface area contributed by atoms with Crippen LogP contribution < -0.4 is 14.2 Å². The molecule has 0 aliphatic heterocycles. The van der Waals surface area contributed by atoms with Crippen LogP contribution in [0.5, 0.6) is 11.5 Å². The standard InChI is InChI=1S/C19H17ClF7NO4S/c1-10-4-16(11(2)3-15(10)20)33(29,30)28-12-5-13(31-8-18(23,24)17(21)22)7-14(6-12)32-9-19(25,26)27/h3-7,17,28H,8-9H2,1-2H3. The minimum atomic E-state index is -4.77. The van der Waals surface area contributed by atoms with Crippen LogP contribution in [0, 0.1) is 13.8 Å². The van der Waals surface area contributed by atoms with Crippen LogP contribution in [0.2, 0.25) is 5.02 Å². The molecule has 1 N–H and O–H groups in total. The van der Waals surface area contributed by atoms with E-state index in [-0.39, 0.29) is 10.5 Å². The number of hydrogen-bond donors (Lipinski definition) is 1. The molecule has 0 atom stereocenters. The molecule has 33 heavy (non-hydrogen) atoms. The quantitative estimate of drug-likeness (QED) is 0.411. The number of anilines is 1. The fourth-order valence-electron chi connectivity index (χ4n) is 2.46. The van der Waals surface area contributed by atoms with Gasteiger partial charge in [-0.25, -0.2) is 17.2 Å². The van der Waals surface area contributed by atoms with Gasteiger partial charge in [0.25, 0.3) is 10.0 Å². The summed E-state index contributed by atoms with van der Waals surface area (Å²) in [6.45, 7) is -0.606. The summed E-state index contributed by atoms with van der Waals surface area (Å²) in [5.74, 6) is -5.79. The Morgan fingerprint density at radius 2 is 1.45 bits per heavy atom. The van der Waals surface area contributed by atoms with E-state index in [1.54, 1.807) is 6.92 Å². The van der Waals surface area contributed by atoms with Crippen molar-refractivity contribution >= 4 is 27.3 Å². The monoisotopic (exact) mass is 523 g/mol. The highest BCUT2D eigenvalue weighted by Crippen LogP contribution is 2.32. The van der Waals surface area contributed by atoms with Crippen molar-refractivity contribution in [2.75, 3.05) is 17.9 Å². The van der Waals surface area contributed by atoms with Crippen LogP contribution in [0.3, 0.4) is 0 Å². The average molecular weight is 524 g/mol. The first-order valence-electron chi connectivity index (χ1n) is 8.93. The van der Waals surface area contributed by atoms with E-state index in [1.807, 2.05) is 0 Å². The predicted molar refractivity (Wildman–Crippen MR) is 106 cm³/mol. The number of nitrogens with one attached hydrogen (secondary N) is 1. The fraction of sp³-hybridized carbons (Fsp3) is 0.368. The van der Waals surface area contributed by atoms with Gasteiger partial charge in [0, 0.05) is 23.2 Å². The van der Waals surface area contributed by atoms with E-state index in [0.29, 0.717) is 10.6 Å². The van der Waals surface area contributed by atoms with Gasteiger partial charge < -0.3 is 9.47 Å². The molecule has 0 fully saturated rings. The van der Waals surface area contributed by atoms with Gasteiger partial charge in [-0.15, -0.1) is 0 Å². The van der Waals surface area contributed by atoms with Gasteiger partial charge in [-0.2, -0.15) is 22.0 Å². The molecule has 2 rings (SSSR count). The first-order valence-corrected chi connectivity index (χ1v) is 10.8. The zero-order valence-corrected chi connectivity index (χ0v) is 18.5. The molecule has 0 spiro atoms. The van der Waals surface area contributed by atoms with Crippen molar-refractivity contribution in [1.29, 1.82) is 0 Å². The molecule has 0 amide bonds. The maximum absolute atomic E-state index is 13.2. The Labute approximate surface area is 189 Å². The summed E-state index contributed by atoms with van der Waals surface area (Å²) in [4.78, 5) is -0.210. The van der Waals surface area contributed by atoms with E-state index >= 15 is 0 Å². The molecule has 14 heteroatoms. The second kappa shape index (κ2) is 9.84. The third kappa shape index (κ3) is 7.56. The Morgan fingerprint density at radius 3 is 1.97 bits per heavy atom. The molecule has 0 aromatic heterocycles. The molecule has 0 aliphatic rings. The number of alkyl halides is 7. The van der Waals surface area contributed by atoms with Crippen molar-refractivity contribution in [3.63, 3.8) is 0 Å². The average Bonchev–Trinajstić information content (AvgIpc) is 2.66. The van der Waals surface area contributed by atoms with Gasteiger partial charge in [0.2, 0.25) is 0 Å². The number of benzene rings is 2. The van der Waals surface area contributed by atoms with E-state index in [1.165, 1.54) is 19.1 Å². The number of ether oxygens (including phenoxy) is 2. The zero-order chi connectivity index (χ0) is 25.2. The highest BCUT2D eigenvalue weighted by atomic mass is 35.5. The lowest BCUT2D eigenvalue weighted by molar-refractivity contribution is -0.153. The van der Waals surface area contributed by atoms with Crippen LogP contribution in [0.4, 0.5) is 36.4 Å². The number of sulfonamides is 1. The summed E-state index contributed by atoms with van der Waals surface area (Å²) < 4.78 is 125. The van der Waals surface area contributed by atoms with Crippen LogP contribution in [-0.2, 0) is 10.0 Å². The Hall–Kier alpha value is -2.41. The highest BCUT2D eigenvalue weighted by Gasteiger charge is 2.41. The Bertz CT molecular complexity index is 1110. The molecule has 2 aromatic rings. The van der Waals surface area contributed by atoms with Crippen molar-refractivity contribution in [2.24, 2.45) is 0 Å². The number of aryl methyl sites for hydroxylation is 2. The number of rotatable bonds is 9.